The SMILES string of the molecule is COC(=O)O[C@@]12CO[C@@H]1C[C@H](O)[C@@]1(C)C(=O)[C@H](OC(C)=O)C3=C(C)[C@@H](OC(=O)[C@H](O)[C@@H](NC(=O)c4ccccc4)c4ccccc4)C[C@@](O)([C@@H](OC(=O)c4ccccc4)C12)C3(C)C. The largest absolute Gasteiger partial charge is 0.508 e. The number of esters is 3. The van der Waals surface area contributed by atoms with Gasteiger partial charge in [-0.15, -0.1) is 0 Å². The summed E-state index contributed by atoms with van der Waals surface area (Å²) in [6, 6.07) is 22.8. The number of Topliss-reactive ketones (excluding diaryl/α,β-unsaturated/α-hetero) is 1. The Labute approximate surface area is 363 Å². The molecule has 1 aliphatic heterocycles. The van der Waals surface area contributed by atoms with E-state index in [0.717, 1.165) is 14.0 Å². The Hall–Kier alpha value is -5.94. The number of hydrogen-bond acceptors (Lipinski definition) is 15. The maximum Gasteiger partial charge on any atom is 0.508 e. The van der Waals surface area contributed by atoms with Gasteiger partial charge in [-0.25, -0.2) is 14.4 Å². The average molecular weight is 870 g/mol. The number of aliphatic hydroxyl groups is 3. The fraction of sp³-hybridized carbons (Fsp3) is 0.447. The van der Waals surface area contributed by atoms with E-state index < -0.39 is 113 Å². The Morgan fingerprint density at radius 2 is 1.44 bits per heavy atom. The first-order chi connectivity index (χ1) is 29.8. The van der Waals surface area contributed by atoms with Crippen LogP contribution < -0.4 is 5.32 Å². The molecule has 16 nitrogen and oxygen atoms in total. The van der Waals surface area contributed by atoms with Gasteiger partial charge in [0.15, 0.2) is 23.6 Å². The van der Waals surface area contributed by atoms with Gasteiger partial charge in [0.1, 0.15) is 23.9 Å². The number of rotatable bonds is 10. The molecule has 0 radical (unpaired) electrons. The van der Waals surface area contributed by atoms with Crippen molar-refractivity contribution in [1.82, 2.24) is 5.32 Å². The van der Waals surface area contributed by atoms with Crippen molar-refractivity contribution in [2.45, 2.75) is 101 Å². The molecule has 2 saturated carbocycles. The van der Waals surface area contributed by atoms with Crippen molar-refractivity contribution in [3.05, 3.63) is 119 Å². The summed E-state index contributed by atoms with van der Waals surface area (Å²) in [7, 11) is 1.07. The smallest absolute Gasteiger partial charge is 0.456 e. The molecule has 63 heavy (non-hydrogen) atoms. The first-order valence-corrected chi connectivity index (χ1v) is 20.6. The second kappa shape index (κ2) is 17.0. The lowest BCUT2D eigenvalue weighted by Gasteiger charge is -2.67. The lowest BCUT2D eigenvalue weighted by Crippen LogP contribution is -2.82. The van der Waals surface area contributed by atoms with Crippen LogP contribution in [-0.2, 0) is 42.8 Å². The van der Waals surface area contributed by atoms with Crippen molar-refractivity contribution in [2.75, 3.05) is 13.7 Å². The molecule has 2 bridgehead atoms. The molecule has 4 aliphatic rings. The summed E-state index contributed by atoms with van der Waals surface area (Å²) in [6.45, 7) is 6.66. The lowest BCUT2D eigenvalue weighted by atomic mass is 9.44. The van der Waals surface area contributed by atoms with E-state index in [1.54, 1.807) is 92.7 Å². The third kappa shape index (κ3) is 7.58. The molecule has 3 aliphatic carbocycles. The van der Waals surface area contributed by atoms with Crippen LogP contribution in [0, 0.1) is 16.7 Å². The summed E-state index contributed by atoms with van der Waals surface area (Å²) in [5.74, 6) is -6.24. The first-order valence-electron chi connectivity index (χ1n) is 20.6. The van der Waals surface area contributed by atoms with Crippen molar-refractivity contribution < 1.29 is 72.5 Å². The van der Waals surface area contributed by atoms with Gasteiger partial charge in [-0.05, 0) is 54.8 Å². The van der Waals surface area contributed by atoms with Gasteiger partial charge >= 0.3 is 24.1 Å². The predicted octanol–water partition coefficient (Wildman–Crippen LogP) is 3.96. The van der Waals surface area contributed by atoms with Crippen LogP contribution in [0.25, 0.3) is 0 Å². The summed E-state index contributed by atoms with van der Waals surface area (Å²) in [4.78, 5) is 83.7. The molecule has 11 atom stereocenters. The first kappa shape index (κ1) is 45.1. The summed E-state index contributed by atoms with van der Waals surface area (Å²) < 4.78 is 35.1. The Morgan fingerprint density at radius 3 is 2.00 bits per heavy atom. The molecule has 1 unspecified atom stereocenters. The van der Waals surface area contributed by atoms with Crippen LogP contribution in [-0.4, -0.2) is 113 Å². The van der Waals surface area contributed by atoms with E-state index in [0.29, 0.717) is 5.56 Å². The van der Waals surface area contributed by atoms with Gasteiger partial charge in [-0.2, -0.15) is 0 Å². The van der Waals surface area contributed by atoms with Crippen molar-refractivity contribution in [3.63, 3.8) is 0 Å². The maximum atomic E-state index is 15.5. The number of carbonyl (C=O) groups excluding carboxylic acids is 6. The zero-order valence-electron chi connectivity index (χ0n) is 35.6. The summed E-state index contributed by atoms with van der Waals surface area (Å²) in [6.07, 6.45) is -12.0. The Balaban J connectivity index is 1.39. The van der Waals surface area contributed by atoms with Crippen LogP contribution in [0.4, 0.5) is 4.79 Å². The van der Waals surface area contributed by atoms with Crippen molar-refractivity contribution >= 4 is 35.8 Å². The molecular formula is C47H51NO15. The fourth-order valence-corrected chi connectivity index (χ4v) is 10.1. The standard InChI is InChI=1S/C47H51NO15/c1-25-30(61-42(55)35(51)34(27-16-10-7-11-17-27)48-40(53)28-18-12-8-13-19-28)23-47(57)39(62-41(54)29-20-14-9-15-21-29)37-45(5,38(52)36(60-26(2)49)33(25)44(47,3)4)31(50)22-32-46(37,24-59-32)63-43(56)58-6/h7-21,30-32,34-37,39,50-51,57H,22-24H2,1-6H3,(H,48,53)/t30-,31-,32+,34-,35+,36+,37?,39-,45+,46-,47+/m0/s1. The predicted molar refractivity (Wildman–Crippen MR) is 219 cm³/mol. The molecule has 7 rings (SSSR count). The zero-order chi connectivity index (χ0) is 45.6. The van der Waals surface area contributed by atoms with Gasteiger partial charge in [0.25, 0.3) is 5.91 Å². The number of carbonyl (C=O) groups is 6. The van der Waals surface area contributed by atoms with Gasteiger partial charge in [-0.1, -0.05) is 80.6 Å². The summed E-state index contributed by atoms with van der Waals surface area (Å²) in [5, 5.41) is 40.3. The van der Waals surface area contributed by atoms with E-state index in [1.165, 1.54) is 26.0 Å². The van der Waals surface area contributed by atoms with E-state index in [9.17, 15) is 39.3 Å². The van der Waals surface area contributed by atoms with E-state index in [1.807, 2.05) is 0 Å². The molecule has 3 fully saturated rings. The Bertz CT molecular complexity index is 2300. The van der Waals surface area contributed by atoms with Gasteiger partial charge in [0.2, 0.25) is 0 Å². The number of hydrogen-bond donors (Lipinski definition) is 4. The third-order valence-electron chi connectivity index (χ3n) is 13.6. The minimum absolute atomic E-state index is 0.0247. The second-order valence-electron chi connectivity index (χ2n) is 17.3. The van der Waals surface area contributed by atoms with Gasteiger partial charge in [0.05, 0.1) is 42.8 Å². The molecule has 1 amide bonds. The molecule has 334 valence electrons. The zero-order valence-corrected chi connectivity index (χ0v) is 35.6. The number of aliphatic hydroxyl groups excluding tert-OH is 2. The number of benzene rings is 3. The Kier molecular flexibility index (Phi) is 12.2. The van der Waals surface area contributed by atoms with Crippen molar-refractivity contribution in [1.29, 1.82) is 0 Å². The van der Waals surface area contributed by atoms with Crippen LogP contribution >= 0.6 is 0 Å². The van der Waals surface area contributed by atoms with Crippen molar-refractivity contribution in [2.24, 2.45) is 16.7 Å². The number of ketones is 1. The minimum Gasteiger partial charge on any atom is -0.456 e. The molecule has 0 spiro atoms. The number of nitrogens with one attached hydrogen (secondary N) is 1. The molecule has 1 saturated heterocycles. The molecular weight excluding hydrogens is 819 g/mol. The summed E-state index contributed by atoms with van der Waals surface area (Å²) >= 11 is 0. The summed E-state index contributed by atoms with van der Waals surface area (Å²) in [5.41, 5.74) is -7.35. The van der Waals surface area contributed by atoms with E-state index >= 15 is 4.79 Å². The lowest BCUT2D eigenvalue weighted by molar-refractivity contribution is -0.344. The highest BCUT2D eigenvalue weighted by Crippen LogP contribution is 2.64. The maximum absolute atomic E-state index is 15.5. The number of fused-ring (bicyclic) bond motifs is 5. The number of ether oxygens (including phenoxy) is 6. The van der Waals surface area contributed by atoms with Gasteiger partial charge in [-0.3, -0.25) is 14.4 Å². The molecule has 0 aromatic heterocycles. The topological polar surface area (TPSA) is 231 Å². The van der Waals surface area contributed by atoms with Crippen LogP contribution in [0.15, 0.2) is 102 Å². The monoisotopic (exact) mass is 869 g/mol. The second-order valence-corrected chi connectivity index (χ2v) is 17.3. The Morgan fingerprint density at radius 1 is 0.857 bits per heavy atom. The molecule has 4 N–H and O–H groups in total. The van der Waals surface area contributed by atoms with Gasteiger partial charge in [0, 0.05) is 30.7 Å². The quantitative estimate of drug-likeness (QED) is 0.128. The van der Waals surface area contributed by atoms with E-state index in [2.05, 4.69) is 5.32 Å². The fourth-order valence-electron chi connectivity index (χ4n) is 10.1. The van der Waals surface area contributed by atoms with Crippen LogP contribution in [0.2, 0.25) is 0 Å². The highest BCUT2D eigenvalue weighted by atomic mass is 16.8. The van der Waals surface area contributed by atoms with E-state index in [-0.39, 0.29) is 35.3 Å². The third-order valence-corrected chi connectivity index (χ3v) is 13.6. The highest BCUT2D eigenvalue weighted by molar-refractivity contribution is 5.96. The van der Waals surface area contributed by atoms with E-state index in [4.69, 9.17) is 28.4 Å². The number of methoxy groups -OCH3 is 1. The normalized spacial score (nSPS) is 31.5. The van der Waals surface area contributed by atoms with Gasteiger partial charge < -0.3 is 49.1 Å². The average Bonchev–Trinajstić information content (AvgIpc) is 3.26. The molecule has 3 aromatic rings. The van der Waals surface area contributed by atoms with Crippen LogP contribution in [0.1, 0.15) is 79.8 Å². The minimum atomic E-state index is -2.43. The van der Waals surface area contributed by atoms with Crippen molar-refractivity contribution in [3.8, 4) is 0 Å². The molecule has 16 heteroatoms. The molecule has 3 aromatic carbocycles. The highest BCUT2D eigenvalue weighted by Gasteiger charge is 2.78. The van der Waals surface area contributed by atoms with Crippen LogP contribution in [0.3, 0.4) is 0 Å². The molecule has 1 heterocycles. The number of amides is 1. The van der Waals surface area contributed by atoms with Crippen LogP contribution in [0.5, 0.6) is 0 Å².